The van der Waals surface area contributed by atoms with Crippen LogP contribution in [0.5, 0.6) is 11.5 Å². The molecule has 5 heteroatoms. The van der Waals surface area contributed by atoms with Crippen LogP contribution in [-0.2, 0) is 16.2 Å². The summed E-state index contributed by atoms with van der Waals surface area (Å²) in [6.45, 7) is 16.0. The normalized spacial score (nSPS) is 12.2. The predicted molar refractivity (Wildman–Crippen MR) is 291 cm³/mol. The zero-order chi connectivity index (χ0) is 48.9. The SMILES string of the molecule is CC(C)(C)c1c[n+](-c2cc(-c3ccccc3)cc(C(C)(C)c3ccccc3)c2)[c-]n1-c1cc(Oc2ccc3c4ccccc4n(-c4cc(C(C)(C)c5ccccc5)ccn4)c3c2)cc(-c2ccccc2)c1. The smallest absolute Gasteiger partial charge is 0.269 e. The third kappa shape index (κ3) is 8.63. The first-order valence-electron chi connectivity index (χ1n) is 24.6. The summed E-state index contributed by atoms with van der Waals surface area (Å²) in [6, 6.07) is 75.6. The van der Waals surface area contributed by atoms with Gasteiger partial charge in [0.1, 0.15) is 17.3 Å². The number of imidazole rings is 1. The van der Waals surface area contributed by atoms with E-state index in [0.29, 0.717) is 0 Å². The van der Waals surface area contributed by atoms with Crippen molar-refractivity contribution < 1.29 is 9.30 Å². The predicted octanol–water partition coefficient (Wildman–Crippen LogP) is 16.1. The number of hydrogen-bond donors (Lipinski definition) is 0. The van der Waals surface area contributed by atoms with E-state index in [4.69, 9.17) is 9.72 Å². The zero-order valence-corrected chi connectivity index (χ0v) is 41.6. The Kier molecular flexibility index (Phi) is 11.4. The lowest BCUT2D eigenvalue weighted by Crippen LogP contribution is -2.30. The van der Waals surface area contributed by atoms with Gasteiger partial charge in [-0.15, -0.1) is 0 Å². The fourth-order valence-corrected chi connectivity index (χ4v) is 10.1. The van der Waals surface area contributed by atoms with Gasteiger partial charge in [0.15, 0.2) is 0 Å². The van der Waals surface area contributed by atoms with Crippen LogP contribution in [0.25, 0.3) is 61.3 Å². The van der Waals surface area contributed by atoms with Crippen molar-refractivity contribution in [3.05, 3.63) is 259 Å². The Morgan fingerprint density at radius 2 is 1.03 bits per heavy atom. The lowest BCUT2D eigenvalue weighted by atomic mass is 9.77. The number of para-hydroxylation sites is 1. The second kappa shape index (κ2) is 17.9. The van der Waals surface area contributed by atoms with E-state index >= 15 is 0 Å². The lowest BCUT2D eigenvalue weighted by Gasteiger charge is -2.27. The molecule has 3 heterocycles. The molecule has 0 spiro atoms. The molecular formula is C66H58N4O. The van der Waals surface area contributed by atoms with E-state index in [-0.39, 0.29) is 16.2 Å². The number of benzene rings is 8. The maximum atomic E-state index is 7.04. The summed E-state index contributed by atoms with van der Waals surface area (Å²) in [6.07, 6.45) is 8.03. The van der Waals surface area contributed by atoms with Crippen molar-refractivity contribution in [2.45, 2.75) is 64.7 Å². The average Bonchev–Trinajstić information content (AvgIpc) is 4.01. The number of aromatic nitrogens is 4. The largest absolute Gasteiger partial charge is 0.458 e. The van der Waals surface area contributed by atoms with Gasteiger partial charge in [-0.2, -0.15) is 0 Å². The van der Waals surface area contributed by atoms with Gasteiger partial charge in [-0.1, -0.05) is 194 Å². The molecule has 0 fully saturated rings. The molecule has 0 aliphatic heterocycles. The van der Waals surface area contributed by atoms with E-state index in [1.54, 1.807) is 0 Å². The first kappa shape index (κ1) is 45.2. The fourth-order valence-electron chi connectivity index (χ4n) is 10.1. The Labute approximate surface area is 418 Å². The Bertz CT molecular complexity index is 3690. The van der Waals surface area contributed by atoms with Gasteiger partial charge in [0.2, 0.25) is 0 Å². The molecule has 0 amide bonds. The van der Waals surface area contributed by atoms with Gasteiger partial charge >= 0.3 is 0 Å². The van der Waals surface area contributed by atoms with Gasteiger partial charge in [0, 0.05) is 40.1 Å². The fraction of sp³-hybridized carbons (Fsp3) is 0.152. The molecule has 11 aromatic rings. The molecule has 0 saturated carbocycles. The second-order valence-corrected chi connectivity index (χ2v) is 20.8. The summed E-state index contributed by atoms with van der Waals surface area (Å²) in [4.78, 5) is 5.01. The molecule has 0 aliphatic carbocycles. The number of fused-ring (bicyclic) bond motifs is 3. The van der Waals surface area contributed by atoms with E-state index < -0.39 is 0 Å². The molecule has 0 N–H and O–H groups in total. The quantitative estimate of drug-likeness (QED) is 0.0957. The van der Waals surface area contributed by atoms with Crippen LogP contribution in [0.4, 0.5) is 0 Å². The maximum absolute atomic E-state index is 7.04. The van der Waals surface area contributed by atoms with Crippen LogP contribution in [0.15, 0.2) is 225 Å². The standard InChI is InChI=1S/C66H58N4O/c1-64(2,3)62-44-68(54-37-48(46-22-12-8-13-23-46)36-53(40-54)66(6,7)51-28-18-11-19-29-51)45-69(62)55-38-49(47-24-14-9-15-25-47)39-57(42-55)71-56-32-33-59-58-30-20-21-31-60(58)70(61(59)43-56)63-41-52(34-35-67-63)65(4,5)50-26-16-10-17-27-50/h8-44H,1-7H3. The summed E-state index contributed by atoms with van der Waals surface area (Å²) in [5.74, 6) is 2.31. The number of hydrogen-bond acceptors (Lipinski definition) is 2. The average molecular weight is 923 g/mol. The summed E-state index contributed by atoms with van der Waals surface area (Å²) < 4.78 is 13.7. The van der Waals surface area contributed by atoms with Crippen molar-refractivity contribution in [1.82, 2.24) is 14.1 Å². The van der Waals surface area contributed by atoms with Gasteiger partial charge in [0.25, 0.3) is 6.33 Å². The Morgan fingerprint density at radius 1 is 0.451 bits per heavy atom. The van der Waals surface area contributed by atoms with E-state index in [1.165, 1.54) is 27.8 Å². The molecule has 0 aliphatic rings. The van der Waals surface area contributed by atoms with Crippen LogP contribution in [0, 0.1) is 6.33 Å². The molecule has 0 saturated heterocycles. The highest BCUT2D eigenvalue weighted by Crippen LogP contribution is 2.40. The molecule has 5 nitrogen and oxygen atoms in total. The Morgan fingerprint density at radius 3 is 1.68 bits per heavy atom. The van der Waals surface area contributed by atoms with Crippen molar-refractivity contribution in [2.75, 3.05) is 0 Å². The highest BCUT2D eigenvalue weighted by Gasteiger charge is 2.28. The molecule has 8 aromatic carbocycles. The lowest BCUT2D eigenvalue weighted by molar-refractivity contribution is -0.599. The zero-order valence-electron chi connectivity index (χ0n) is 41.6. The topological polar surface area (TPSA) is 35.9 Å². The van der Waals surface area contributed by atoms with Crippen LogP contribution in [0.1, 0.15) is 76.4 Å². The van der Waals surface area contributed by atoms with Crippen LogP contribution in [0.3, 0.4) is 0 Å². The third-order valence-corrected chi connectivity index (χ3v) is 14.3. The molecule has 0 unspecified atom stereocenters. The molecule has 0 radical (unpaired) electrons. The Balaban J connectivity index is 1.04. The monoisotopic (exact) mass is 922 g/mol. The van der Waals surface area contributed by atoms with E-state index in [9.17, 15) is 0 Å². The van der Waals surface area contributed by atoms with Gasteiger partial charge in [0.05, 0.1) is 28.1 Å². The van der Waals surface area contributed by atoms with Gasteiger partial charge in [-0.3, -0.25) is 13.7 Å². The molecule has 3 aromatic heterocycles. The van der Waals surface area contributed by atoms with E-state index in [1.807, 2.05) is 6.20 Å². The van der Waals surface area contributed by atoms with E-state index in [0.717, 1.165) is 72.9 Å². The van der Waals surface area contributed by atoms with E-state index in [2.05, 4.69) is 287 Å². The molecule has 11 rings (SSSR count). The summed E-state index contributed by atoms with van der Waals surface area (Å²) in [7, 11) is 0. The van der Waals surface area contributed by atoms with Crippen LogP contribution in [0.2, 0.25) is 0 Å². The van der Waals surface area contributed by atoms with Gasteiger partial charge < -0.3 is 4.74 Å². The molecular weight excluding hydrogens is 865 g/mol. The molecule has 71 heavy (non-hydrogen) atoms. The number of ether oxygens (including phenoxy) is 1. The van der Waals surface area contributed by atoms with Crippen molar-refractivity contribution >= 4 is 21.8 Å². The van der Waals surface area contributed by atoms with Crippen molar-refractivity contribution in [1.29, 1.82) is 0 Å². The van der Waals surface area contributed by atoms with Gasteiger partial charge in [-0.25, -0.2) is 4.98 Å². The van der Waals surface area contributed by atoms with Crippen LogP contribution < -0.4 is 9.30 Å². The third-order valence-electron chi connectivity index (χ3n) is 14.3. The van der Waals surface area contributed by atoms with Crippen LogP contribution >= 0.6 is 0 Å². The first-order valence-corrected chi connectivity index (χ1v) is 24.6. The minimum atomic E-state index is -0.260. The van der Waals surface area contributed by atoms with Crippen LogP contribution in [-0.4, -0.2) is 14.1 Å². The molecule has 0 bridgehead atoms. The summed E-state index contributed by atoms with van der Waals surface area (Å²) in [5, 5.41) is 2.29. The number of pyridine rings is 1. The molecule has 348 valence electrons. The van der Waals surface area contributed by atoms with Crippen molar-refractivity contribution in [2.24, 2.45) is 0 Å². The van der Waals surface area contributed by atoms with Gasteiger partial charge in [-0.05, 0) is 111 Å². The first-order chi connectivity index (χ1) is 34.3. The number of nitrogens with zero attached hydrogens (tertiary/aromatic N) is 4. The second-order valence-electron chi connectivity index (χ2n) is 20.8. The maximum Gasteiger partial charge on any atom is 0.269 e. The minimum absolute atomic E-state index is 0.231. The summed E-state index contributed by atoms with van der Waals surface area (Å²) in [5.41, 5.74) is 13.9. The molecule has 0 atom stereocenters. The summed E-state index contributed by atoms with van der Waals surface area (Å²) >= 11 is 0. The van der Waals surface area contributed by atoms with Crippen molar-refractivity contribution in [3.8, 4) is 50.9 Å². The highest BCUT2D eigenvalue weighted by molar-refractivity contribution is 6.09. The Hall–Kier alpha value is -8.28. The van der Waals surface area contributed by atoms with Crippen molar-refractivity contribution in [3.63, 3.8) is 0 Å². The minimum Gasteiger partial charge on any atom is -0.458 e. The number of rotatable bonds is 11. The highest BCUT2D eigenvalue weighted by atomic mass is 16.5.